The van der Waals surface area contributed by atoms with Gasteiger partial charge in [-0.25, -0.2) is 0 Å². The van der Waals surface area contributed by atoms with Crippen LogP contribution < -0.4 is 0 Å². The van der Waals surface area contributed by atoms with E-state index in [9.17, 15) is 9.59 Å². The van der Waals surface area contributed by atoms with Gasteiger partial charge in [-0.2, -0.15) is 0 Å². The minimum absolute atomic E-state index is 0.0445. The van der Waals surface area contributed by atoms with Crippen LogP contribution in [0.3, 0.4) is 0 Å². The van der Waals surface area contributed by atoms with Gasteiger partial charge in [0.25, 0.3) is 11.8 Å². The Balaban J connectivity index is 1.30. The average Bonchev–Trinajstić information content (AvgIpc) is 3.32. The fourth-order valence-electron chi connectivity index (χ4n) is 5.33. The molecule has 34 heavy (non-hydrogen) atoms. The van der Waals surface area contributed by atoms with E-state index in [2.05, 4.69) is 41.0 Å². The van der Waals surface area contributed by atoms with Crippen LogP contribution in [-0.2, 0) is 0 Å². The summed E-state index contributed by atoms with van der Waals surface area (Å²) in [6.07, 6.45) is 7.40. The van der Waals surface area contributed by atoms with Crippen LogP contribution >= 0.6 is 0 Å². The quantitative estimate of drug-likeness (QED) is 0.645. The number of hydrogen-bond acceptors (Lipinski definition) is 4. The van der Waals surface area contributed by atoms with Crippen molar-refractivity contribution in [3.63, 3.8) is 0 Å². The molecule has 0 aliphatic carbocycles. The third kappa shape index (κ3) is 4.44. The molecule has 2 amide bonds. The molecule has 1 aromatic carbocycles. The van der Waals surface area contributed by atoms with Crippen LogP contribution in [0.4, 0.5) is 0 Å². The topological polar surface area (TPSA) is 72.5 Å². The summed E-state index contributed by atoms with van der Waals surface area (Å²) in [5.41, 5.74) is 3.58. The summed E-state index contributed by atoms with van der Waals surface area (Å²) in [6, 6.07) is 10.2. The predicted molar refractivity (Wildman–Crippen MR) is 133 cm³/mol. The first-order valence-electron chi connectivity index (χ1n) is 12.3. The van der Waals surface area contributed by atoms with Gasteiger partial charge in [0, 0.05) is 86.3 Å². The monoisotopic (exact) mass is 459 g/mol. The number of amides is 2. The van der Waals surface area contributed by atoms with Gasteiger partial charge in [-0.05, 0) is 56.5 Å². The van der Waals surface area contributed by atoms with Gasteiger partial charge in [0.2, 0.25) is 0 Å². The number of fused-ring (bicyclic) bond motifs is 1. The van der Waals surface area contributed by atoms with Gasteiger partial charge in [0.15, 0.2) is 0 Å². The molecule has 178 valence electrons. The average molecular weight is 460 g/mol. The summed E-state index contributed by atoms with van der Waals surface area (Å²) >= 11 is 0. The lowest BCUT2D eigenvalue weighted by molar-refractivity contribution is 0.0595. The van der Waals surface area contributed by atoms with Gasteiger partial charge in [-0.15, -0.1) is 0 Å². The molecule has 0 bridgehead atoms. The molecule has 1 N–H and O–H groups in total. The Bertz CT molecular complexity index is 1160. The Labute approximate surface area is 200 Å². The SMILES string of the molecule is CC(C)N1CCN(C(=O)c2ccc3c(C4CCCN(C(=O)c5cccnc5)C4)c[nH]c3c2)CC1. The first kappa shape index (κ1) is 22.6. The second-order valence-electron chi connectivity index (χ2n) is 9.76. The minimum Gasteiger partial charge on any atom is -0.361 e. The molecule has 2 fully saturated rings. The number of rotatable bonds is 4. The highest BCUT2D eigenvalue weighted by molar-refractivity contribution is 5.99. The van der Waals surface area contributed by atoms with Gasteiger partial charge in [-0.3, -0.25) is 19.5 Å². The van der Waals surface area contributed by atoms with Gasteiger partial charge in [0.1, 0.15) is 0 Å². The van der Waals surface area contributed by atoms with E-state index in [1.807, 2.05) is 28.0 Å². The van der Waals surface area contributed by atoms with Gasteiger partial charge >= 0.3 is 0 Å². The summed E-state index contributed by atoms with van der Waals surface area (Å²) in [5, 5.41) is 1.14. The third-order valence-corrected chi connectivity index (χ3v) is 7.35. The molecule has 1 unspecified atom stereocenters. The van der Waals surface area contributed by atoms with Crippen molar-refractivity contribution >= 4 is 22.7 Å². The summed E-state index contributed by atoms with van der Waals surface area (Å²) in [7, 11) is 0. The molecule has 2 aliphatic heterocycles. The number of piperidine rings is 1. The summed E-state index contributed by atoms with van der Waals surface area (Å²) in [5.74, 6) is 0.421. The summed E-state index contributed by atoms with van der Waals surface area (Å²) < 4.78 is 0. The Morgan fingerprint density at radius 2 is 1.79 bits per heavy atom. The second kappa shape index (κ2) is 9.58. The molecule has 7 nitrogen and oxygen atoms in total. The maximum Gasteiger partial charge on any atom is 0.255 e. The van der Waals surface area contributed by atoms with E-state index >= 15 is 0 Å². The first-order valence-corrected chi connectivity index (χ1v) is 12.3. The van der Waals surface area contributed by atoms with E-state index < -0.39 is 0 Å². The van der Waals surface area contributed by atoms with Crippen molar-refractivity contribution in [1.82, 2.24) is 24.7 Å². The number of benzene rings is 1. The number of hydrogen-bond donors (Lipinski definition) is 1. The maximum absolute atomic E-state index is 13.1. The highest BCUT2D eigenvalue weighted by Gasteiger charge is 2.28. The molecule has 0 radical (unpaired) electrons. The smallest absolute Gasteiger partial charge is 0.255 e. The van der Waals surface area contributed by atoms with Gasteiger partial charge in [-0.1, -0.05) is 6.07 Å². The maximum atomic E-state index is 13.1. The predicted octanol–water partition coefficient (Wildman–Crippen LogP) is 3.75. The molecule has 0 spiro atoms. The van der Waals surface area contributed by atoms with E-state index in [4.69, 9.17) is 0 Å². The molecule has 5 rings (SSSR count). The summed E-state index contributed by atoms with van der Waals surface area (Å²) in [6.45, 7) is 9.27. The van der Waals surface area contributed by atoms with Crippen LogP contribution in [0.5, 0.6) is 0 Å². The largest absolute Gasteiger partial charge is 0.361 e. The van der Waals surface area contributed by atoms with E-state index in [0.717, 1.165) is 62.0 Å². The number of pyridine rings is 1. The first-order chi connectivity index (χ1) is 16.5. The number of H-pyrrole nitrogens is 1. The van der Waals surface area contributed by atoms with Gasteiger partial charge in [0.05, 0.1) is 5.56 Å². The standard InChI is InChI=1S/C27H33N5O2/c1-19(2)30-11-13-31(14-12-30)26(33)20-7-8-23-24(17-29-25(23)15-20)22-6-4-10-32(18-22)27(34)21-5-3-9-28-16-21/h3,5,7-9,15-17,19,22,29H,4,6,10-14,18H2,1-2H3. The van der Waals surface area contributed by atoms with Crippen LogP contribution in [0.2, 0.25) is 0 Å². The van der Waals surface area contributed by atoms with Crippen molar-refractivity contribution < 1.29 is 9.59 Å². The highest BCUT2D eigenvalue weighted by Crippen LogP contribution is 2.33. The molecule has 2 aliphatic rings. The lowest BCUT2D eigenvalue weighted by Crippen LogP contribution is -2.50. The fraction of sp³-hybridized carbons (Fsp3) is 0.444. The number of carbonyl (C=O) groups excluding carboxylic acids is 2. The van der Waals surface area contributed by atoms with Crippen molar-refractivity contribution in [2.45, 2.75) is 38.6 Å². The molecule has 2 saturated heterocycles. The Kier molecular flexibility index (Phi) is 6.37. The number of aromatic amines is 1. The van der Waals surface area contributed by atoms with E-state index in [-0.39, 0.29) is 17.7 Å². The van der Waals surface area contributed by atoms with Crippen molar-refractivity contribution in [3.8, 4) is 0 Å². The zero-order chi connectivity index (χ0) is 23.7. The van der Waals surface area contributed by atoms with Crippen LogP contribution in [0, 0.1) is 0 Å². The minimum atomic E-state index is 0.0445. The number of piperazine rings is 1. The highest BCUT2D eigenvalue weighted by atomic mass is 16.2. The van der Waals surface area contributed by atoms with Crippen molar-refractivity contribution in [2.75, 3.05) is 39.3 Å². The zero-order valence-corrected chi connectivity index (χ0v) is 20.0. The number of likely N-dealkylation sites (tertiary alicyclic amines) is 1. The van der Waals surface area contributed by atoms with Crippen LogP contribution in [0.1, 0.15) is 58.9 Å². The molecule has 2 aromatic heterocycles. The van der Waals surface area contributed by atoms with Crippen LogP contribution in [0.25, 0.3) is 10.9 Å². The van der Waals surface area contributed by atoms with E-state index in [1.54, 1.807) is 18.5 Å². The van der Waals surface area contributed by atoms with Gasteiger partial charge < -0.3 is 14.8 Å². The molecular formula is C27H33N5O2. The second-order valence-corrected chi connectivity index (χ2v) is 9.76. The Hall–Kier alpha value is -3.19. The number of nitrogens with one attached hydrogen (secondary N) is 1. The Morgan fingerprint density at radius 3 is 2.53 bits per heavy atom. The fourth-order valence-corrected chi connectivity index (χ4v) is 5.33. The molecule has 3 aromatic rings. The lowest BCUT2D eigenvalue weighted by atomic mass is 9.90. The van der Waals surface area contributed by atoms with Crippen molar-refractivity contribution in [2.24, 2.45) is 0 Å². The number of carbonyl (C=O) groups is 2. The zero-order valence-electron chi connectivity index (χ0n) is 20.0. The van der Waals surface area contributed by atoms with Crippen molar-refractivity contribution in [1.29, 1.82) is 0 Å². The van der Waals surface area contributed by atoms with Crippen LogP contribution in [-0.4, -0.2) is 81.8 Å². The number of aromatic nitrogens is 2. The normalized spacial score (nSPS) is 19.7. The molecular weight excluding hydrogens is 426 g/mol. The molecule has 1 atom stereocenters. The number of nitrogens with zero attached hydrogens (tertiary/aromatic N) is 4. The third-order valence-electron chi connectivity index (χ3n) is 7.35. The van der Waals surface area contributed by atoms with E-state index in [1.165, 1.54) is 5.56 Å². The van der Waals surface area contributed by atoms with Crippen LogP contribution in [0.15, 0.2) is 48.9 Å². The molecule has 0 saturated carbocycles. The molecule has 7 heteroatoms. The Morgan fingerprint density at radius 1 is 1.00 bits per heavy atom. The van der Waals surface area contributed by atoms with E-state index in [0.29, 0.717) is 18.2 Å². The van der Waals surface area contributed by atoms with Crippen molar-refractivity contribution in [3.05, 3.63) is 65.6 Å². The summed E-state index contributed by atoms with van der Waals surface area (Å²) in [4.78, 5) is 39.9. The molecule has 4 heterocycles. The lowest BCUT2D eigenvalue weighted by Gasteiger charge is -2.37.